The van der Waals surface area contributed by atoms with E-state index in [1.807, 2.05) is 6.92 Å². The minimum Gasteiger partial charge on any atom is -0.323 e. The Morgan fingerprint density at radius 3 is 2.90 bits per heavy atom. The molecule has 0 saturated heterocycles. The molecule has 0 saturated carbocycles. The van der Waals surface area contributed by atoms with Crippen LogP contribution in [-0.2, 0) is 4.79 Å². The topological polar surface area (TPSA) is 54.9 Å². The van der Waals surface area contributed by atoms with Crippen LogP contribution in [0.4, 0.5) is 14.5 Å². The van der Waals surface area contributed by atoms with Crippen LogP contribution in [-0.4, -0.2) is 21.6 Å². The van der Waals surface area contributed by atoms with Crippen LogP contribution in [0.1, 0.15) is 5.69 Å². The number of nitrogens with zero attached hydrogens (tertiary/aromatic N) is 2. The monoisotopic (exact) mass is 295 g/mol. The van der Waals surface area contributed by atoms with Gasteiger partial charge in [0.05, 0.1) is 11.4 Å². The van der Waals surface area contributed by atoms with E-state index in [1.54, 1.807) is 12.3 Å². The highest BCUT2D eigenvalue weighted by molar-refractivity contribution is 7.99. The van der Waals surface area contributed by atoms with Gasteiger partial charge in [0.25, 0.3) is 0 Å². The van der Waals surface area contributed by atoms with Gasteiger partial charge in [-0.05, 0) is 25.1 Å². The second-order valence-corrected chi connectivity index (χ2v) is 4.88. The molecule has 0 aliphatic rings. The number of rotatable bonds is 4. The summed E-state index contributed by atoms with van der Waals surface area (Å²) >= 11 is 1.12. The van der Waals surface area contributed by atoms with E-state index < -0.39 is 17.5 Å². The fourth-order valence-electron chi connectivity index (χ4n) is 1.41. The highest BCUT2D eigenvalue weighted by Gasteiger charge is 2.09. The molecule has 104 valence electrons. The first-order valence-electron chi connectivity index (χ1n) is 5.72. The van der Waals surface area contributed by atoms with Gasteiger partial charge < -0.3 is 5.32 Å². The average Bonchev–Trinajstić information content (AvgIpc) is 2.41. The molecule has 20 heavy (non-hydrogen) atoms. The number of halogens is 2. The lowest BCUT2D eigenvalue weighted by molar-refractivity contribution is -0.113. The zero-order valence-electron chi connectivity index (χ0n) is 10.6. The minimum absolute atomic E-state index is 0.0133. The van der Waals surface area contributed by atoms with Crippen molar-refractivity contribution < 1.29 is 13.6 Å². The fourth-order valence-corrected chi connectivity index (χ4v) is 2.08. The molecule has 4 nitrogen and oxygen atoms in total. The number of hydrogen-bond donors (Lipinski definition) is 1. The molecule has 1 aromatic heterocycles. The normalized spacial score (nSPS) is 10.3. The number of aromatic nitrogens is 2. The van der Waals surface area contributed by atoms with E-state index in [0.717, 1.165) is 35.7 Å². The van der Waals surface area contributed by atoms with Gasteiger partial charge in [0.1, 0.15) is 11.6 Å². The Kier molecular flexibility index (Phi) is 4.62. The van der Waals surface area contributed by atoms with E-state index in [9.17, 15) is 13.6 Å². The summed E-state index contributed by atoms with van der Waals surface area (Å²) in [5, 5.41) is 2.76. The van der Waals surface area contributed by atoms with Crippen molar-refractivity contribution in [2.75, 3.05) is 11.1 Å². The zero-order chi connectivity index (χ0) is 14.5. The summed E-state index contributed by atoms with van der Waals surface area (Å²) in [7, 11) is 0. The van der Waals surface area contributed by atoms with Crippen molar-refractivity contribution in [1.29, 1.82) is 0 Å². The average molecular weight is 295 g/mol. The molecular weight excluding hydrogens is 284 g/mol. The largest absolute Gasteiger partial charge is 0.323 e. The first-order valence-corrected chi connectivity index (χ1v) is 6.70. The van der Waals surface area contributed by atoms with Crippen molar-refractivity contribution in [1.82, 2.24) is 9.97 Å². The molecule has 2 aromatic rings. The Labute approximate surface area is 118 Å². The molecule has 0 spiro atoms. The summed E-state index contributed by atoms with van der Waals surface area (Å²) in [4.78, 5) is 19.8. The molecule has 0 radical (unpaired) electrons. The first-order chi connectivity index (χ1) is 9.54. The molecule has 0 atom stereocenters. The number of aryl methyl sites for hydroxylation is 1. The molecule has 0 bridgehead atoms. The zero-order valence-corrected chi connectivity index (χ0v) is 11.4. The molecule has 2 rings (SSSR count). The van der Waals surface area contributed by atoms with Crippen LogP contribution >= 0.6 is 11.8 Å². The highest BCUT2D eigenvalue weighted by Crippen LogP contribution is 2.17. The third kappa shape index (κ3) is 3.99. The van der Waals surface area contributed by atoms with Crippen LogP contribution in [0.25, 0.3) is 0 Å². The Balaban J connectivity index is 1.94. The smallest absolute Gasteiger partial charge is 0.234 e. The maximum Gasteiger partial charge on any atom is 0.234 e. The third-order valence-corrected chi connectivity index (χ3v) is 3.17. The number of anilines is 1. The summed E-state index contributed by atoms with van der Waals surface area (Å²) in [5.74, 6) is -1.74. The van der Waals surface area contributed by atoms with Crippen LogP contribution in [0.5, 0.6) is 0 Å². The van der Waals surface area contributed by atoms with E-state index >= 15 is 0 Å². The van der Waals surface area contributed by atoms with Gasteiger partial charge in [0.2, 0.25) is 5.91 Å². The van der Waals surface area contributed by atoms with Gasteiger partial charge in [-0.25, -0.2) is 18.7 Å². The van der Waals surface area contributed by atoms with Crippen LogP contribution in [0.2, 0.25) is 0 Å². The molecule has 1 N–H and O–H groups in total. The standard InChI is InChI=1S/C13H11F2N3OS/c1-8-4-5-16-13(17-8)20-7-12(19)18-11-6-9(14)2-3-10(11)15/h2-6H,7H2,1H3,(H,18,19). The quantitative estimate of drug-likeness (QED) is 0.696. The second kappa shape index (κ2) is 6.42. The summed E-state index contributed by atoms with van der Waals surface area (Å²) < 4.78 is 26.3. The van der Waals surface area contributed by atoms with E-state index in [-0.39, 0.29) is 11.4 Å². The molecule has 0 aliphatic heterocycles. The van der Waals surface area contributed by atoms with Crippen molar-refractivity contribution in [3.63, 3.8) is 0 Å². The lowest BCUT2D eigenvalue weighted by Gasteiger charge is -2.06. The number of thioether (sulfide) groups is 1. The summed E-state index contributed by atoms with van der Waals surface area (Å²) in [6, 6.07) is 4.62. The Hall–Kier alpha value is -2.02. The molecule has 0 aliphatic carbocycles. The first kappa shape index (κ1) is 14.4. The molecule has 1 amide bonds. The third-order valence-electron chi connectivity index (χ3n) is 2.31. The number of carbonyl (C=O) groups is 1. The maximum atomic E-state index is 13.3. The lowest BCUT2D eigenvalue weighted by Crippen LogP contribution is -2.15. The van der Waals surface area contributed by atoms with Crippen LogP contribution < -0.4 is 5.32 Å². The van der Waals surface area contributed by atoms with Crippen LogP contribution in [0.3, 0.4) is 0 Å². The summed E-state index contributed by atoms with van der Waals surface area (Å²) in [6.07, 6.45) is 1.59. The Morgan fingerprint density at radius 1 is 1.35 bits per heavy atom. The van der Waals surface area contributed by atoms with E-state index in [2.05, 4.69) is 15.3 Å². The van der Waals surface area contributed by atoms with Gasteiger partial charge in [0, 0.05) is 18.0 Å². The van der Waals surface area contributed by atoms with Gasteiger partial charge in [-0.2, -0.15) is 0 Å². The lowest BCUT2D eigenvalue weighted by atomic mass is 10.3. The predicted octanol–water partition coefficient (Wildman–Crippen LogP) is 2.79. The van der Waals surface area contributed by atoms with Gasteiger partial charge in [-0.3, -0.25) is 4.79 Å². The number of benzene rings is 1. The van der Waals surface area contributed by atoms with E-state index in [1.165, 1.54) is 0 Å². The molecule has 0 unspecified atom stereocenters. The summed E-state index contributed by atoms with van der Waals surface area (Å²) in [5.41, 5.74) is 0.611. The number of hydrogen-bond acceptors (Lipinski definition) is 4. The van der Waals surface area contributed by atoms with Gasteiger partial charge in [-0.15, -0.1) is 0 Å². The van der Waals surface area contributed by atoms with Crippen molar-refractivity contribution in [3.05, 3.63) is 47.8 Å². The Bertz CT molecular complexity index is 637. The molecule has 7 heteroatoms. The number of nitrogens with one attached hydrogen (secondary N) is 1. The van der Waals surface area contributed by atoms with E-state index in [4.69, 9.17) is 0 Å². The number of amides is 1. The van der Waals surface area contributed by atoms with Crippen LogP contribution in [0.15, 0.2) is 35.6 Å². The van der Waals surface area contributed by atoms with Crippen molar-refractivity contribution in [2.45, 2.75) is 12.1 Å². The second-order valence-electron chi connectivity index (χ2n) is 3.94. The van der Waals surface area contributed by atoms with E-state index in [0.29, 0.717) is 5.16 Å². The van der Waals surface area contributed by atoms with Crippen molar-refractivity contribution >= 4 is 23.4 Å². The summed E-state index contributed by atoms with van der Waals surface area (Å²) in [6.45, 7) is 1.81. The predicted molar refractivity (Wildman–Crippen MR) is 72.5 cm³/mol. The molecule has 1 heterocycles. The molecular formula is C13H11F2N3OS. The highest BCUT2D eigenvalue weighted by atomic mass is 32.2. The minimum atomic E-state index is -0.684. The molecule has 0 fully saturated rings. The molecule has 1 aromatic carbocycles. The van der Waals surface area contributed by atoms with Gasteiger partial charge in [-0.1, -0.05) is 11.8 Å². The van der Waals surface area contributed by atoms with Gasteiger partial charge >= 0.3 is 0 Å². The van der Waals surface area contributed by atoms with Crippen molar-refractivity contribution in [2.24, 2.45) is 0 Å². The SMILES string of the molecule is Cc1ccnc(SCC(=O)Nc2cc(F)ccc2F)n1. The number of carbonyl (C=O) groups excluding carboxylic acids is 1. The van der Waals surface area contributed by atoms with Crippen LogP contribution in [0, 0.1) is 18.6 Å². The Morgan fingerprint density at radius 2 is 2.15 bits per heavy atom. The van der Waals surface area contributed by atoms with Crippen molar-refractivity contribution in [3.8, 4) is 0 Å². The maximum absolute atomic E-state index is 13.3. The van der Waals surface area contributed by atoms with Gasteiger partial charge in [0.15, 0.2) is 5.16 Å². The fraction of sp³-hybridized carbons (Fsp3) is 0.154.